The van der Waals surface area contributed by atoms with Crippen molar-refractivity contribution >= 4 is 6.09 Å². The van der Waals surface area contributed by atoms with Crippen LogP contribution in [-0.4, -0.2) is 78.0 Å². The van der Waals surface area contributed by atoms with Gasteiger partial charge in [0.25, 0.3) is 6.10 Å². The average molecular weight is 522 g/mol. The van der Waals surface area contributed by atoms with Crippen molar-refractivity contribution in [3.8, 4) is 0 Å². The standard InChI is InChI=1S/C25H33F6N3O2/c1-17(2)34-10-6-18-4-3-5-19(20(18)15-34)14-32-11-7-23(16-32)8-12-33(13-9-23)22(35)36-21(24(26,27)28)25(29,30)31/h3-5,17,21H,6-16H2,1-2H3. The molecule has 0 radical (unpaired) electrons. The zero-order chi connectivity index (χ0) is 26.3. The van der Waals surface area contributed by atoms with E-state index in [1.165, 1.54) is 16.7 Å². The molecule has 0 saturated carbocycles. The van der Waals surface area contributed by atoms with Gasteiger partial charge in [-0.1, -0.05) is 18.2 Å². The third kappa shape index (κ3) is 5.93. The molecule has 1 spiro atoms. The lowest BCUT2D eigenvalue weighted by Gasteiger charge is -2.39. The number of fused-ring (bicyclic) bond motifs is 1. The summed E-state index contributed by atoms with van der Waals surface area (Å²) >= 11 is 0. The fraction of sp³-hybridized carbons (Fsp3) is 0.720. The molecule has 2 fully saturated rings. The molecule has 3 heterocycles. The Labute approximate surface area is 207 Å². The predicted octanol–water partition coefficient (Wildman–Crippen LogP) is 5.37. The molecule has 1 amide bonds. The molecule has 11 heteroatoms. The summed E-state index contributed by atoms with van der Waals surface area (Å²) in [4.78, 5) is 17.9. The van der Waals surface area contributed by atoms with Gasteiger partial charge in [-0.3, -0.25) is 9.80 Å². The summed E-state index contributed by atoms with van der Waals surface area (Å²) in [5.41, 5.74) is 3.99. The summed E-state index contributed by atoms with van der Waals surface area (Å²) in [5.74, 6) is 0. The smallest absolute Gasteiger partial charge is 0.426 e. The monoisotopic (exact) mass is 521 g/mol. The van der Waals surface area contributed by atoms with Crippen molar-refractivity contribution < 1.29 is 35.9 Å². The van der Waals surface area contributed by atoms with E-state index in [9.17, 15) is 31.1 Å². The van der Waals surface area contributed by atoms with Crippen LogP contribution in [0.15, 0.2) is 18.2 Å². The number of piperidine rings is 1. The maximum absolute atomic E-state index is 12.7. The summed E-state index contributed by atoms with van der Waals surface area (Å²) in [7, 11) is 0. The largest absolute Gasteiger partial charge is 0.434 e. The molecule has 0 N–H and O–H groups in total. The van der Waals surface area contributed by atoms with Crippen LogP contribution in [0.4, 0.5) is 31.1 Å². The first-order chi connectivity index (χ1) is 16.8. The first-order valence-corrected chi connectivity index (χ1v) is 12.4. The van der Waals surface area contributed by atoms with E-state index in [1.807, 2.05) is 0 Å². The minimum Gasteiger partial charge on any atom is -0.426 e. The molecule has 202 valence electrons. The first kappa shape index (κ1) is 27.0. The van der Waals surface area contributed by atoms with Crippen molar-refractivity contribution in [2.24, 2.45) is 5.41 Å². The zero-order valence-electron chi connectivity index (χ0n) is 20.6. The molecule has 0 aromatic heterocycles. The Morgan fingerprint density at radius 1 is 1.00 bits per heavy atom. The molecule has 1 aromatic rings. The first-order valence-electron chi connectivity index (χ1n) is 12.4. The van der Waals surface area contributed by atoms with Gasteiger partial charge in [-0.05, 0) is 68.2 Å². The van der Waals surface area contributed by atoms with Crippen LogP contribution in [-0.2, 0) is 24.2 Å². The number of benzene rings is 1. The molecule has 0 unspecified atom stereocenters. The average Bonchev–Trinajstić information content (AvgIpc) is 3.18. The number of nitrogens with zero attached hydrogens (tertiary/aromatic N) is 3. The van der Waals surface area contributed by atoms with Gasteiger partial charge in [0, 0.05) is 45.3 Å². The van der Waals surface area contributed by atoms with Crippen LogP contribution in [0.1, 0.15) is 49.8 Å². The molecule has 0 aliphatic carbocycles. The van der Waals surface area contributed by atoms with Crippen LogP contribution >= 0.6 is 0 Å². The highest BCUT2D eigenvalue weighted by molar-refractivity contribution is 5.68. The molecule has 5 nitrogen and oxygen atoms in total. The number of ether oxygens (including phenoxy) is 1. The van der Waals surface area contributed by atoms with Crippen molar-refractivity contribution in [2.45, 2.75) is 77.1 Å². The van der Waals surface area contributed by atoms with Gasteiger partial charge in [0.2, 0.25) is 0 Å². The van der Waals surface area contributed by atoms with Crippen molar-refractivity contribution in [1.82, 2.24) is 14.7 Å². The van der Waals surface area contributed by atoms with E-state index in [1.54, 1.807) is 0 Å². The van der Waals surface area contributed by atoms with Gasteiger partial charge in [-0.2, -0.15) is 26.3 Å². The molecule has 3 aliphatic rings. The number of hydrogen-bond acceptors (Lipinski definition) is 4. The van der Waals surface area contributed by atoms with Crippen LogP contribution in [0.25, 0.3) is 0 Å². The third-order valence-electron chi connectivity index (χ3n) is 7.94. The molecule has 3 aliphatic heterocycles. The van der Waals surface area contributed by atoms with Crippen molar-refractivity contribution in [2.75, 3.05) is 32.7 Å². The minimum atomic E-state index is -5.71. The molecule has 4 rings (SSSR count). The highest BCUT2D eigenvalue weighted by Gasteiger charge is 2.60. The van der Waals surface area contributed by atoms with E-state index in [-0.39, 0.29) is 18.5 Å². The maximum atomic E-state index is 12.7. The number of carbonyl (C=O) groups excluding carboxylic acids is 1. The lowest BCUT2D eigenvalue weighted by molar-refractivity contribution is -0.308. The zero-order valence-corrected chi connectivity index (χ0v) is 20.6. The molecule has 36 heavy (non-hydrogen) atoms. The predicted molar refractivity (Wildman–Crippen MR) is 121 cm³/mol. The second kappa shape index (κ2) is 10.0. The molecular formula is C25H33F6N3O2. The molecule has 0 bridgehead atoms. The van der Waals surface area contributed by atoms with Crippen LogP contribution < -0.4 is 0 Å². The fourth-order valence-corrected chi connectivity index (χ4v) is 5.73. The number of amides is 1. The number of carbonyl (C=O) groups is 1. The lowest BCUT2D eigenvalue weighted by atomic mass is 9.78. The van der Waals surface area contributed by atoms with Crippen molar-refractivity contribution in [3.05, 3.63) is 34.9 Å². The van der Waals surface area contributed by atoms with E-state index in [4.69, 9.17) is 0 Å². The second-order valence-corrected chi connectivity index (χ2v) is 10.7. The summed E-state index contributed by atoms with van der Waals surface area (Å²) in [6.45, 7) is 9.01. The van der Waals surface area contributed by atoms with Crippen LogP contribution in [0.2, 0.25) is 0 Å². The van der Waals surface area contributed by atoms with E-state index in [2.05, 4.69) is 46.6 Å². The Hall–Kier alpha value is -2.01. The Balaban J connectivity index is 1.34. The van der Waals surface area contributed by atoms with Crippen LogP contribution in [0.3, 0.4) is 0 Å². The quantitative estimate of drug-likeness (QED) is 0.500. The third-order valence-corrected chi connectivity index (χ3v) is 7.94. The Morgan fingerprint density at radius 3 is 2.25 bits per heavy atom. The van der Waals surface area contributed by atoms with Crippen LogP contribution in [0.5, 0.6) is 0 Å². The Bertz CT molecular complexity index is 927. The van der Waals surface area contributed by atoms with Gasteiger partial charge in [0.1, 0.15) is 0 Å². The van der Waals surface area contributed by atoms with E-state index in [0.717, 1.165) is 50.5 Å². The SMILES string of the molecule is CC(C)N1CCc2cccc(CN3CCC4(CCN(C(=O)OC(C(F)(F)F)C(F)(F)F)CC4)C3)c2C1. The van der Waals surface area contributed by atoms with Gasteiger partial charge in [-0.15, -0.1) is 0 Å². The fourth-order valence-electron chi connectivity index (χ4n) is 5.73. The van der Waals surface area contributed by atoms with Gasteiger partial charge in [-0.25, -0.2) is 4.79 Å². The van der Waals surface area contributed by atoms with Gasteiger partial charge >= 0.3 is 18.4 Å². The molecule has 0 atom stereocenters. The van der Waals surface area contributed by atoms with Crippen LogP contribution in [0, 0.1) is 5.41 Å². The summed E-state index contributed by atoms with van der Waals surface area (Å²) in [6, 6.07) is 6.94. The number of alkyl halides is 6. The van der Waals surface area contributed by atoms with Crippen molar-refractivity contribution in [1.29, 1.82) is 0 Å². The second-order valence-electron chi connectivity index (χ2n) is 10.7. The topological polar surface area (TPSA) is 36.0 Å². The van der Waals surface area contributed by atoms with Crippen molar-refractivity contribution in [3.63, 3.8) is 0 Å². The number of hydrogen-bond donors (Lipinski definition) is 0. The summed E-state index contributed by atoms with van der Waals surface area (Å²) in [6.07, 6.45) is -14.1. The maximum Gasteiger partial charge on any atom is 0.434 e. The number of likely N-dealkylation sites (tertiary alicyclic amines) is 2. The minimum absolute atomic E-state index is 0.0825. The number of rotatable bonds is 4. The Morgan fingerprint density at radius 2 is 1.64 bits per heavy atom. The molecular weight excluding hydrogens is 488 g/mol. The lowest BCUT2D eigenvalue weighted by Crippen LogP contribution is -2.50. The summed E-state index contributed by atoms with van der Waals surface area (Å²) < 4.78 is 80.4. The van der Waals surface area contributed by atoms with E-state index in [0.29, 0.717) is 18.9 Å². The number of halogens is 6. The Kier molecular flexibility index (Phi) is 7.54. The molecule has 1 aromatic carbocycles. The highest BCUT2D eigenvalue weighted by atomic mass is 19.4. The van der Waals surface area contributed by atoms with E-state index >= 15 is 0 Å². The molecule has 2 saturated heterocycles. The highest BCUT2D eigenvalue weighted by Crippen LogP contribution is 2.42. The van der Waals surface area contributed by atoms with E-state index < -0.39 is 24.5 Å². The normalized spacial score (nSPS) is 21.4. The summed E-state index contributed by atoms with van der Waals surface area (Å²) in [5, 5.41) is 0. The van der Waals surface area contributed by atoms with Gasteiger partial charge in [0.05, 0.1) is 0 Å². The van der Waals surface area contributed by atoms with Gasteiger partial charge in [0.15, 0.2) is 0 Å². The van der Waals surface area contributed by atoms with Gasteiger partial charge < -0.3 is 9.64 Å².